The van der Waals surface area contributed by atoms with Crippen molar-refractivity contribution in [1.29, 1.82) is 0 Å². The number of rotatable bonds is 7. The Morgan fingerprint density at radius 2 is 2.00 bits per heavy atom. The van der Waals surface area contributed by atoms with Gasteiger partial charge in [0.2, 0.25) is 5.16 Å². The monoisotopic (exact) mass is 322 g/mol. The van der Waals surface area contributed by atoms with Crippen molar-refractivity contribution in [2.75, 3.05) is 13.2 Å². The van der Waals surface area contributed by atoms with E-state index in [1.165, 1.54) is 17.3 Å². The van der Waals surface area contributed by atoms with Crippen LogP contribution in [0.25, 0.3) is 5.69 Å². The van der Waals surface area contributed by atoms with Gasteiger partial charge in [-0.2, -0.15) is 4.68 Å². The number of nitrogens with zero attached hydrogens (tertiary/aromatic N) is 4. The van der Waals surface area contributed by atoms with Gasteiger partial charge in [-0.3, -0.25) is 0 Å². The molecule has 2 N–H and O–H groups in total. The Balaban J connectivity index is 2.33. The molecule has 0 unspecified atom stereocenters. The van der Waals surface area contributed by atoms with Gasteiger partial charge < -0.3 is 10.2 Å². The van der Waals surface area contributed by atoms with Crippen molar-refractivity contribution >= 4 is 11.8 Å². The summed E-state index contributed by atoms with van der Waals surface area (Å²) in [6, 6.07) is 8.13. The molecule has 0 aliphatic heterocycles. The molecule has 0 aliphatic rings. The Labute approximate surface area is 134 Å². The van der Waals surface area contributed by atoms with Crippen molar-refractivity contribution in [1.82, 2.24) is 20.2 Å². The average Bonchev–Trinajstić information content (AvgIpc) is 3.00. The largest absolute Gasteiger partial charge is 0.395 e. The van der Waals surface area contributed by atoms with Crippen molar-refractivity contribution in [2.24, 2.45) is 0 Å². The second-order valence-corrected chi connectivity index (χ2v) is 7.03. The zero-order valence-corrected chi connectivity index (χ0v) is 13.9. The maximum absolute atomic E-state index is 9.21. The molecule has 1 aromatic heterocycles. The molecule has 0 radical (unpaired) electrons. The van der Waals surface area contributed by atoms with Gasteiger partial charge in [-0.1, -0.05) is 44.7 Å². The molecule has 0 spiro atoms. The summed E-state index contributed by atoms with van der Waals surface area (Å²) in [4.78, 5) is 0. The highest BCUT2D eigenvalue weighted by atomic mass is 32.2. The second kappa shape index (κ2) is 7.21. The van der Waals surface area contributed by atoms with Crippen LogP contribution < -0.4 is 0 Å². The van der Waals surface area contributed by atoms with E-state index in [9.17, 15) is 10.2 Å². The third-order valence-electron chi connectivity index (χ3n) is 3.88. The maximum atomic E-state index is 9.21. The van der Waals surface area contributed by atoms with Gasteiger partial charge in [-0.25, -0.2) is 0 Å². The van der Waals surface area contributed by atoms with E-state index in [2.05, 4.69) is 48.4 Å². The van der Waals surface area contributed by atoms with Gasteiger partial charge in [0.15, 0.2) is 0 Å². The minimum absolute atomic E-state index is 0.0794. The number of thioether (sulfide) groups is 1. The van der Waals surface area contributed by atoms with Crippen LogP contribution in [0.2, 0.25) is 0 Å². The fraction of sp³-hybridized carbons (Fsp3) is 0.533. The lowest BCUT2D eigenvalue weighted by molar-refractivity contribution is 0.228. The summed E-state index contributed by atoms with van der Waals surface area (Å²) in [5.74, 6) is 0. The number of aliphatic hydroxyl groups is 2. The second-order valence-electron chi connectivity index (χ2n) is 5.77. The minimum atomic E-state index is -0.333. The summed E-state index contributed by atoms with van der Waals surface area (Å²) in [6.07, 6.45) is 1.03. The van der Waals surface area contributed by atoms with E-state index >= 15 is 0 Å². The molecule has 0 fully saturated rings. The van der Waals surface area contributed by atoms with Crippen molar-refractivity contribution in [3.63, 3.8) is 0 Å². The standard InChI is InChI=1S/C15H22N4O2S/c1-4-15(2,3)11-6-5-7-12(8-11)19-14(16-17-18-19)22-13(9-20)10-21/h5-8,13,20-21H,4,9-10H2,1-3H3. The SMILES string of the molecule is CCC(C)(C)c1cccc(-n2nnnc2SC(CO)CO)c1. The zero-order chi connectivity index (χ0) is 16.2. The molecule has 2 aromatic rings. The Hall–Kier alpha value is -1.44. The van der Waals surface area contributed by atoms with Gasteiger partial charge in [0, 0.05) is 0 Å². The summed E-state index contributed by atoms with van der Waals surface area (Å²) in [5, 5.41) is 30.4. The van der Waals surface area contributed by atoms with E-state index in [4.69, 9.17) is 0 Å². The predicted molar refractivity (Wildman–Crippen MR) is 86.3 cm³/mol. The molecule has 0 atom stereocenters. The van der Waals surface area contributed by atoms with Crippen LogP contribution in [0.4, 0.5) is 0 Å². The van der Waals surface area contributed by atoms with Crippen molar-refractivity contribution in [3.8, 4) is 5.69 Å². The van der Waals surface area contributed by atoms with E-state index in [1.807, 2.05) is 12.1 Å². The highest BCUT2D eigenvalue weighted by Gasteiger charge is 2.20. The first kappa shape index (κ1) is 16.9. The minimum Gasteiger partial charge on any atom is -0.395 e. The summed E-state index contributed by atoms with van der Waals surface area (Å²) in [5.41, 5.74) is 2.18. The summed E-state index contributed by atoms with van der Waals surface area (Å²) in [6.45, 7) is 6.32. The molecule has 0 saturated heterocycles. The molecule has 7 heteroatoms. The van der Waals surface area contributed by atoms with Gasteiger partial charge in [0.25, 0.3) is 0 Å². The van der Waals surface area contributed by atoms with Crippen LogP contribution in [0.15, 0.2) is 29.4 Å². The molecule has 22 heavy (non-hydrogen) atoms. The van der Waals surface area contributed by atoms with Crippen LogP contribution in [-0.4, -0.2) is 48.9 Å². The summed E-state index contributed by atoms with van der Waals surface area (Å²) < 4.78 is 1.64. The van der Waals surface area contributed by atoms with E-state index in [0.717, 1.165) is 12.1 Å². The number of hydrogen-bond acceptors (Lipinski definition) is 6. The van der Waals surface area contributed by atoms with Crippen molar-refractivity contribution in [3.05, 3.63) is 29.8 Å². The van der Waals surface area contributed by atoms with Crippen LogP contribution in [0.5, 0.6) is 0 Å². The van der Waals surface area contributed by atoms with E-state index < -0.39 is 0 Å². The predicted octanol–water partition coefficient (Wildman–Crippen LogP) is 1.80. The highest BCUT2D eigenvalue weighted by Crippen LogP contribution is 2.29. The zero-order valence-electron chi connectivity index (χ0n) is 13.1. The number of benzene rings is 1. The molecule has 0 saturated carbocycles. The van der Waals surface area contributed by atoms with E-state index in [1.54, 1.807) is 4.68 Å². The normalized spacial score (nSPS) is 12.1. The average molecular weight is 322 g/mol. The first-order valence-electron chi connectivity index (χ1n) is 7.29. The molecule has 0 bridgehead atoms. The Kier molecular flexibility index (Phi) is 5.55. The first-order valence-corrected chi connectivity index (χ1v) is 8.17. The number of aromatic nitrogens is 4. The van der Waals surface area contributed by atoms with Crippen molar-refractivity contribution < 1.29 is 10.2 Å². The van der Waals surface area contributed by atoms with E-state index in [0.29, 0.717) is 5.16 Å². The quantitative estimate of drug-likeness (QED) is 0.756. The highest BCUT2D eigenvalue weighted by molar-refractivity contribution is 7.99. The fourth-order valence-electron chi connectivity index (χ4n) is 1.96. The molecule has 1 heterocycles. The van der Waals surface area contributed by atoms with Gasteiger partial charge >= 0.3 is 0 Å². The Morgan fingerprint density at radius 1 is 1.27 bits per heavy atom. The molecule has 1 aromatic carbocycles. The van der Waals surface area contributed by atoms with Crippen LogP contribution in [-0.2, 0) is 5.41 Å². The topological polar surface area (TPSA) is 84.1 Å². The third-order valence-corrected chi connectivity index (χ3v) is 4.97. The summed E-state index contributed by atoms with van der Waals surface area (Å²) in [7, 11) is 0. The van der Waals surface area contributed by atoms with Crippen molar-refractivity contribution in [2.45, 2.75) is 43.0 Å². The third kappa shape index (κ3) is 3.66. The fourth-order valence-corrected chi connectivity index (χ4v) is 2.73. The van der Waals surface area contributed by atoms with E-state index in [-0.39, 0.29) is 23.9 Å². The van der Waals surface area contributed by atoms with Gasteiger partial charge in [0.1, 0.15) is 0 Å². The molecule has 120 valence electrons. The maximum Gasteiger partial charge on any atom is 0.214 e. The summed E-state index contributed by atoms with van der Waals surface area (Å²) >= 11 is 1.26. The Morgan fingerprint density at radius 3 is 2.64 bits per heavy atom. The van der Waals surface area contributed by atoms with Crippen LogP contribution >= 0.6 is 11.8 Å². The number of hydrogen-bond donors (Lipinski definition) is 2. The van der Waals surface area contributed by atoms with Crippen LogP contribution in [0.3, 0.4) is 0 Å². The van der Waals surface area contributed by atoms with Gasteiger partial charge in [0.05, 0.1) is 24.2 Å². The number of aliphatic hydroxyl groups excluding tert-OH is 2. The molecule has 2 rings (SSSR count). The molecular weight excluding hydrogens is 300 g/mol. The van der Waals surface area contributed by atoms with Gasteiger partial charge in [-0.05, 0) is 40.0 Å². The first-order chi connectivity index (χ1) is 10.5. The number of tetrazole rings is 1. The lowest BCUT2D eigenvalue weighted by atomic mass is 9.82. The molecule has 0 amide bonds. The lowest BCUT2D eigenvalue weighted by Crippen LogP contribution is -2.16. The molecule has 6 nitrogen and oxygen atoms in total. The van der Waals surface area contributed by atoms with Gasteiger partial charge in [-0.15, -0.1) is 5.10 Å². The Bertz CT molecular complexity index is 611. The molecular formula is C15H22N4O2S. The van der Waals surface area contributed by atoms with Crippen LogP contribution in [0, 0.1) is 0 Å². The molecule has 0 aliphatic carbocycles. The van der Waals surface area contributed by atoms with Crippen LogP contribution in [0.1, 0.15) is 32.8 Å². The smallest absolute Gasteiger partial charge is 0.214 e. The lowest BCUT2D eigenvalue weighted by Gasteiger charge is -2.23.